The van der Waals surface area contributed by atoms with Gasteiger partial charge in [-0.3, -0.25) is 4.68 Å². The Balaban J connectivity index is 1.26. The van der Waals surface area contributed by atoms with Crippen molar-refractivity contribution in [3.8, 4) is 17.3 Å². The number of aromatic nitrogens is 4. The molecule has 3 aromatic rings. The number of amides is 2. The number of hydrogen-bond acceptors (Lipinski definition) is 8. The third-order valence-electron chi connectivity index (χ3n) is 7.76. The zero-order valence-electron chi connectivity index (χ0n) is 23.6. The summed E-state index contributed by atoms with van der Waals surface area (Å²) >= 11 is 0. The van der Waals surface area contributed by atoms with Crippen molar-refractivity contribution in [1.29, 1.82) is 10.7 Å². The molecular weight excluding hydrogens is 544 g/mol. The third kappa shape index (κ3) is 6.23. The average molecular weight is 578 g/mol. The van der Waals surface area contributed by atoms with Crippen molar-refractivity contribution in [2.45, 2.75) is 39.3 Å². The Bertz CT molecular complexity index is 1510. The van der Waals surface area contributed by atoms with Crippen LogP contribution in [-0.2, 0) is 11.3 Å². The normalized spacial score (nSPS) is 17.6. The number of halogens is 2. The van der Waals surface area contributed by atoms with E-state index in [4.69, 9.17) is 10.1 Å². The number of carbonyl (C=O) groups excluding carboxylic acids is 1. The van der Waals surface area contributed by atoms with Crippen LogP contribution < -0.4 is 10.2 Å². The second-order valence-electron chi connectivity index (χ2n) is 10.6. The number of urea groups is 1. The van der Waals surface area contributed by atoms with Crippen molar-refractivity contribution in [2.75, 3.05) is 44.3 Å². The van der Waals surface area contributed by atoms with Gasteiger partial charge in [-0.05, 0) is 50.2 Å². The fraction of sp³-hybridized carbons (Fsp3) is 0.448. The van der Waals surface area contributed by atoms with Crippen molar-refractivity contribution >= 4 is 18.2 Å². The van der Waals surface area contributed by atoms with Gasteiger partial charge in [-0.2, -0.15) is 10.4 Å². The summed E-state index contributed by atoms with van der Waals surface area (Å²) in [4.78, 5) is 25.4. The Morgan fingerprint density at radius 3 is 2.74 bits per heavy atom. The quantitative estimate of drug-likeness (QED) is 0.389. The molecule has 0 aliphatic carbocycles. The fourth-order valence-corrected chi connectivity index (χ4v) is 5.50. The first kappa shape index (κ1) is 29.1. The summed E-state index contributed by atoms with van der Waals surface area (Å²) in [6.45, 7) is 7.46. The van der Waals surface area contributed by atoms with Crippen LogP contribution in [0.15, 0.2) is 24.4 Å². The summed E-state index contributed by atoms with van der Waals surface area (Å²) in [7, 11) is 0. The lowest BCUT2D eigenvalue weighted by atomic mass is 10.0. The minimum atomic E-state index is -0.660. The Hall–Kier alpha value is -4.44. The molecule has 13 heteroatoms. The van der Waals surface area contributed by atoms with E-state index in [0.717, 1.165) is 31.0 Å². The second kappa shape index (κ2) is 12.6. The van der Waals surface area contributed by atoms with Crippen LogP contribution in [0.1, 0.15) is 41.4 Å². The van der Waals surface area contributed by atoms with Gasteiger partial charge in [0, 0.05) is 62.9 Å². The second-order valence-corrected chi connectivity index (χ2v) is 10.6. The molecule has 220 valence electrons. The number of aryl methyl sites for hydroxylation is 1. The summed E-state index contributed by atoms with van der Waals surface area (Å²) in [5.41, 5.74) is 2.94. The first-order valence-corrected chi connectivity index (χ1v) is 13.9. The lowest BCUT2D eigenvalue weighted by molar-refractivity contribution is 0.181. The van der Waals surface area contributed by atoms with E-state index in [-0.39, 0.29) is 23.7 Å². The maximum absolute atomic E-state index is 15.0. The molecule has 11 nitrogen and oxygen atoms in total. The van der Waals surface area contributed by atoms with Gasteiger partial charge < -0.3 is 25.3 Å². The predicted octanol–water partition coefficient (Wildman–Crippen LogP) is 3.76. The number of benzene rings is 1. The lowest BCUT2D eigenvalue weighted by Crippen LogP contribution is -2.52. The largest absolute Gasteiger partial charge is 0.381 e. The summed E-state index contributed by atoms with van der Waals surface area (Å²) in [5.74, 6) is -0.366. The number of anilines is 1. The summed E-state index contributed by atoms with van der Waals surface area (Å²) in [5, 5.41) is 24.2. The van der Waals surface area contributed by atoms with Gasteiger partial charge in [0.25, 0.3) is 0 Å². The molecule has 2 aliphatic heterocycles. The van der Waals surface area contributed by atoms with Crippen LogP contribution in [0.3, 0.4) is 0 Å². The van der Waals surface area contributed by atoms with Crippen molar-refractivity contribution in [2.24, 2.45) is 5.92 Å². The maximum Gasteiger partial charge on any atom is 0.318 e. The monoisotopic (exact) mass is 577 g/mol. The summed E-state index contributed by atoms with van der Waals surface area (Å²) in [6, 6.07) is 4.77. The van der Waals surface area contributed by atoms with Gasteiger partial charge in [0.15, 0.2) is 5.82 Å². The number of piperazine rings is 1. The molecule has 2 aromatic heterocycles. The molecule has 1 aromatic carbocycles. The standard InChI is InChI=1S/C29H33F2N9O2/c1-18-26(19(2)40(37-18)16-20-4-10-42-17-20)27-24(31)15-34-28(36-27)38-6-8-39(9-7-38)29(41)35-25(3-5-32)22-11-21(14-33)12-23(30)13-22/h5,11-13,15,20,25,32H,3-4,6-10,16-17H2,1-2H3,(H,35,41)/t20?,25-/m0/s1. The zero-order valence-corrected chi connectivity index (χ0v) is 23.6. The van der Waals surface area contributed by atoms with Gasteiger partial charge in [0.1, 0.15) is 11.5 Å². The van der Waals surface area contributed by atoms with Crippen LogP contribution in [0.25, 0.3) is 11.3 Å². The Labute approximate surface area is 242 Å². The third-order valence-corrected chi connectivity index (χ3v) is 7.76. The van der Waals surface area contributed by atoms with Crippen molar-refractivity contribution < 1.29 is 18.3 Å². The topological polar surface area (TPSA) is 136 Å². The van der Waals surface area contributed by atoms with E-state index in [2.05, 4.69) is 20.4 Å². The van der Waals surface area contributed by atoms with Crippen LogP contribution in [-0.4, -0.2) is 76.3 Å². The predicted molar refractivity (Wildman–Crippen MR) is 151 cm³/mol. The van der Waals surface area contributed by atoms with E-state index >= 15 is 4.39 Å². The molecule has 2 amide bonds. The number of hydrogen-bond donors (Lipinski definition) is 2. The Morgan fingerprint density at radius 2 is 2.05 bits per heavy atom. The van der Waals surface area contributed by atoms with Crippen molar-refractivity contribution in [1.82, 2.24) is 30.0 Å². The Morgan fingerprint density at radius 1 is 1.26 bits per heavy atom. The van der Waals surface area contributed by atoms with Gasteiger partial charge in [0.05, 0.1) is 36.2 Å². The highest BCUT2D eigenvalue weighted by Gasteiger charge is 2.27. The highest BCUT2D eigenvalue weighted by Crippen LogP contribution is 2.30. The van der Waals surface area contributed by atoms with E-state index in [1.807, 2.05) is 29.5 Å². The van der Waals surface area contributed by atoms with Gasteiger partial charge in [-0.25, -0.2) is 23.5 Å². The molecule has 42 heavy (non-hydrogen) atoms. The number of rotatable bonds is 8. The molecule has 0 radical (unpaired) electrons. The van der Waals surface area contributed by atoms with E-state index in [9.17, 15) is 14.4 Å². The molecule has 2 fully saturated rings. The molecule has 0 spiro atoms. The van der Waals surface area contributed by atoms with Gasteiger partial charge in [-0.1, -0.05) is 0 Å². The minimum absolute atomic E-state index is 0.141. The van der Waals surface area contributed by atoms with E-state index < -0.39 is 17.7 Å². The number of carbonyl (C=O) groups is 1. The fourth-order valence-electron chi connectivity index (χ4n) is 5.50. The number of nitrogens with one attached hydrogen (secondary N) is 2. The van der Waals surface area contributed by atoms with Crippen molar-refractivity contribution in [3.05, 3.63) is 58.5 Å². The van der Waals surface area contributed by atoms with Crippen LogP contribution >= 0.6 is 0 Å². The number of nitriles is 1. The van der Waals surface area contributed by atoms with Gasteiger partial charge >= 0.3 is 6.03 Å². The molecule has 0 bridgehead atoms. The van der Waals surface area contributed by atoms with E-state index in [0.29, 0.717) is 68.0 Å². The first-order chi connectivity index (χ1) is 20.3. The zero-order chi connectivity index (χ0) is 29.8. The van der Waals surface area contributed by atoms with Gasteiger partial charge in [-0.15, -0.1) is 0 Å². The SMILES string of the molecule is Cc1nn(CC2CCOC2)c(C)c1-c1nc(N2CCN(C(=O)N[C@@H](CC=N)c3cc(F)cc(C#N)c3)CC2)ncc1F. The number of nitrogens with zero attached hydrogens (tertiary/aromatic N) is 7. The van der Waals surface area contributed by atoms with E-state index in [1.165, 1.54) is 18.3 Å². The minimum Gasteiger partial charge on any atom is -0.381 e. The molecule has 2 atom stereocenters. The highest BCUT2D eigenvalue weighted by atomic mass is 19.1. The molecule has 4 heterocycles. The maximum atomic E-state index is 15.0. The molecule has 5 rings (SSSR count). The van der Waals surface area contributed by atoms with Crippen molar-refractivity contribution in [3.63, 3.8) is 0 Å². The van der Waals surface area contributed by atoms with E-state index in [1.54, 1.807) is 4.90 Å². The first-order valence-electron chi connectivity index (χ1n) is 13.9. The van der Waals surface area contributed by atoms with Crippen LogP contribution in [0.4, 0.5) is 19.5 Å². The molecule has 2 saturated heterocycles. The number of ether oxygens (including phenoxy) is 1. The van der Waals surface area contributed by atoms with Crippen LogP contribution in [0.2, 0.25) is 0 Å². The smallest absolute Gasteiger partial charge is 0.318 e. The highest BCUT2D eigenvalue weighted by molar-refractivity contribution is 5.76. The van der Waals surface area contributed by atoms with Crippen LogP contribution in [0.5, 0.6) is 0 Å². The Kier molecular flexibility index (Phi) is 8.72. The summed E-state index contributed by atoms with van der Waals surface area (Å²) in [6.07, 6.45) is 3.43. The molecule has 2 aliphatic rings. The average Bonchev–Trinajstić information content (AvgIpc) is 3.60. The molecule has 0 saturated carbocycles. The molecular formula is C29H33F2N9O2. The lowest BCUT2D eigenvalue weighted by Gasteiger charge is -2.35. The van der Waals surface area contributed by atoms with Gasteiger partial charge in [0.2, 0.25) is 5.95 Å². The molecule has 2 N–H and O–H groups in total. The summed E-state index contributed by atoms with van der Waals surface area (Å²) < 4.78 is 36.5. The molecule has 1 unspecified atom stereocenters. The van der Waals surface area contributed by atoms with Crippen LogP contribution in [0, 0.1) is 48.1 Å².